The zero-order valence-electron chi connectivity index (χ0n) is 12.9. The summed E-state index contributed by atoms with van der Waals surface area (Å²) in [6, 6.07) is 3.90. The Balaban J connectivity index is 0.000000463. The molecule has 8 heteroatoms. The number of amides is 1. The Bertz CT molecular complexity index is 547. The zero-order chi connectivity index (χ0) is 17.4. The van der Waals surface area contributed by atoms with Crippen LogP contribution in [0.25, 0.3) is 0 Å². The van der Waals surface area contributed by atoms with E-state index >= 15 is 0 Å². The van der Waals surface area contributed by atoms with E-state index in [9.17, 15) is 18.4 Å². The van der Waals surface area contributed by atoms with E-state index in [1.807, 2.05) is 0 Å². The minimum Gasteiger partial charge on any atom is -0.489 e. The van der Waals surface area contributed by atoms with E-state index in [0.29, 0.717) is 12.5 Å². The Hall–Kier alpha value is -2.38. The highest BCUT2D eigenvalue weighted by molar-refractivity contribution is 5.93. The molecule has 1 aromatic carbocycles. The van der Waals surface area contributed by atoms with Crippen LogP contribution in [0.15, 0.2) is 18.2 Å². The molecule has 0 bridgehead atoms. The molecule has 0 heterocycles. The average Bonchev–Trinajstić information content (AvgIpc) is 3.30. The van der Waals surface area contributed by atoms with Crippen molar-refractivity contribution in [2.24, 2.45) is 11.7 Å². The molecule has 2 N–H and O–H groups in total. The first-order chi connectivity index (χ1) is 10.8. The molecule has 1 aliphatic rings. The number of halogens is 2. The van der Waals surface area contributed by atoms with Crippen LogP contribution in [0.2, 0.25) is 0 Å². The predicted octanol–water partition coefficient (Wildman–Crippen LogP) is 2.36. The fourth-order valence-electron chi connectivity index (χ4n) is 1.46. The predicted molar refractivity (Wildman–Crippen MR) is 77.5 cm³/mol. The molecule has 0 radical (unpaired) electrons. The first-order valence-corrected chi connectivity index (χ1v) is 6.89. The maximum atomic E-state index is 12.2. The number of methoxy groups -OCH3 is 1. The first kappa shape index (κ1) is 18.7. The van der Waals surface area contributed by atoms with Gasteiger partial charge in [0.1, 0.15) is 0 Å². The van der Waals surface area contributed by atoms with Crippen LogP contribution >= 0.6 is 0 Å². The molecule has 0 spiro atoms. The number of esters is 1. The molecule has 0 aliphatic heterocycles. The maximum absolute atomic E-state index is 12.2. The van der Waals surface area contributed by atoms with Crippen LogP contribution in [0, 0.1) is 5.92 Å². The molecule has 0 saturated heterocycles. The smallest absolute Gasteiger partial charge is 0.387 e. The van der Waals surface area contributed by atoms with Crippen molar-refractivity contribution in [3.05, 3.63) is 23.8 Å². The molecule has 0 unspecified atom stereocenters. The largest absolute Gasteiger partial charge is 0.489 e. The topological polar surface area (TPSA) is 87.9 Å². The standard InChI is InChI=1S/C12H13F2NO3.C3H6O2/c13-12(14)18-9-4-3-8(11(15)16)5-10(9)17-6-7-1-2-7;1-3(4)5-2/h3-5,7,12H,1-2,6H2,(H2,15,16);1-2H3. The lowest BCUT2D eigenvalue weighted by Crippen LogP contribution is -2.12. The van der Waals surface area contributed by atoms with E-state index in [4.69, 9.17) is 10.5 Å². The molecular weight excluding hydrogens is 312 g/mol. The summed E-state index contributed by atoms with van der Waals surface area (Å²) < 4.78 is 38.2. The number of ether oxygens (including phenoxy) is 3. The van der Waals surface area contributed by atoms with Gasteiger partial charge in [-0.1, -0.05) is 0 Å². The van der Waals surface area contributed by atoms with E-state index in [0.717, 1.165) is 12.8 Å². The lowest BCUT2D eigenvalue weighted by molar-refractivity contribution is -0.137. The SMILES string of the molecule is COC(C)=O.NC(=O)c1ccc(OC(F)F)c(OCC2CC2)c1. The van der Waals surface area contributed by atoms with Gasteiger partial charge in [0.15, 0.2) is 11.5 Å². The van der Waals surface area contributed by atoms with Gasteiger partial charge in [-0.3, -0.25) is 9.59 Å². The van der Waals surface area contributed by atoms with Gasteiger partial charge >= 0.3 is 12.6 Å². The van der Waals surface area contributed by atoms with E-state index in [1.165, 1.54) is 32.2 Å². The number of benzene rings is 1. The number of primary amides is 1. The van der Waals surface area contributed by atoms with E-state index in [2.05, 4.69) is 9.47 Å². The van der Waals surface area contributed by atoms with Gasteiger partial charge in [-0.25, -0.2) is 0 Å². The van der Waals surface area contributed by atoms with E-state index in [1.54, 1.807) is 0 Å². The van der Waals surface area contributed by atoms with Crippen LogP contribution in [-0.4, -0.2) is 32.2 Å². The molecule has 1 aromatic rings. The Morgan fingerprint density at radius 3 is 2.35 bits per heavy atom. The Kier molecular flexibility index (Phi) is 7.24. The lowest BCUT2D eigenvalue weighted by Gasteiger charge is -2.12. The summed E-state index contributed by atoms with van der Waals surface area (Å²) in [4.78, 5) is 20.6. The third-order valence-electron chi connectivity index (χ3n) is 2.90. The first-order valence-electron chi connectivity index (χ1n) is 6.89. The number of carbonyl (C=O) groups excluding carboxylic acids is 2. The van der Waals surface area contributed by atoms with Gasteiger partial charge in [-0.15, -0.1) is 0 Å². The minimum absolute atomic E-state index is 0.0874. The third kappa shape index (κ3) is 7.44. The van der Waals surface area contributed by atoms with Gasteiger partial charge < -0.3 is 19.9 Å². The highest BCUT2D eigenvalue weighted by Gasteiger charge is 2.23. The van der Waals surface area contributed by atoms with Gasteiger partial charge in [-0.05, 0) is 37.0 Å². The minimum atomic E-state index is -2.94. The van der Waals surface area contributed by atoms with Gasteiger partial charge in [-0.2, -0.15) is 8.78 Å². The monoisotopic (exact) mass is 331 g/mol. The second-order valence-corrected chi connectivity index (χ2v) is 4.85. The number of carbonyl (C=O) groups is 2. The second kappa shape index (κ2) is 8.92. The molecule has 0 atom stereocenters. The summed E-state index contributed by atoms with van der Waals surface area (Å²) in [5, 5.41) is 0. The summed E-state index contributed by atoms with van der Waals surface area (Å²) >= 11 is 0. The van der Waals surface area contributed by atoms with Crippen LogP contribution in [-0.2, 0) is 9.53 Å². The van der Waals surface area contributed by atoms with Crippen LogP contribution in [0.1, 0.15) is 30.1 Å². The molecule has 2 rings (SSSR count). The number of hydrogen-bond acceptors (Lipinski definition) is 5. The fourth-order valence-corrected chi connectivity index (χ4v) is 1.46. The lowest BCUT2D eigenvalue weighted by atomic mass is 10.2. The van der Waals surface area contributed by atoms with Crippen molar-refractivity contribution in [2.45, 2.75) is 26.4 Å². The Morgan fingerprint density at radius 1 is 1.30 bits per heavy atom. The highest BCUT2D eigenvalue weighted by atomic mass is 19.3. The quantitative estimate of drug-likeness (QED) is 0.809. The number of nitrogens with two attached hydrogens (primary N) is 1. The number of hydrogen-bond donors (Lipinski definition) is 1. The molecule has 128 valence electrons. The van der Waals surface area contributed by atoms with Crippen molar-refractivity contribution in [1.82, 2.24) is 0 Å². The van der Waals surface area contributed by atoms with Crippen LogP contribution in [0.3, 0.4) is 0 Å². The molecule has 1 fully saturated rings. The summed E-state index contributed by atoms with van der Waals surface area (Å²) in [5.74, 6) is -0.393. The summed E-state index contributed by atoms with van der Waals surface area (Å²) in [5.41, 5.74) is 5.32. The molecule has 1 saturated carbocycles. The van der Waals surface area contributed by atoms with Gasteiger partial charge in [0, 0.05) is 12.5 Å². The van der Waals surface area contributed by atoms with E-state index < -0.39 is 12.5 Å². The van der Waals surface area contributed by atoms with Gasteiger partial charge in [0.2, 0.25) is 5.91 Å². The van der Waals surface area contributed by atoms with Crippen LogP contribution in [0.4, 0.5) is 8.78 Å². The maximum Gasteiger partial charge on any atom is 0.387 e. The third-order valence-corrected chi connectivity index (χ3v) is 2.90. The number of rotatable bonds is 6. The summed E-state index contributed by atoms with van der Waals surface area (Å²) in [6.45, 7) is -1.14. The normalized spacial score (nSPS) is 12.9. The van der Waals surface area contributed by atoms with E-state index in [-0.39, 0.29) is 23.0 Å². The van der Waals surface area contributed by atoms with Crippen molar-refractivity contribution in [1.29, 1.82) is 0 Å². The molecule has 23 heavy (non-hydrogen) atoms. The molecule has 1 aliphatic carbocycles. The van der Waals surface area contributed by atoms with Crippen molar-refractivity contribution in [3.8, 4) is 11.5 Å². The molecule has 6 nitrogen and oxygen atoms in total. The van der Waals surface area contributed by atoms with Crippen LogP contribution < -0.4 is 15.2 Å². The molecule has 1 amide bonds. The molecule has 0 aromatic heterocycles. The summed E-state index contributed by atoms with van der Waals surface area (Å²) in [7, 11) is 1.35. The Labute approximate surface area is 132 Å². The highest BCUT2D eigenvalue weighted by Crippen LogP contribution is 2.34. The zero-order valence-corrected chi connectivity index (χ0v) is 12.9. The average molecular weight is 331 g/mol. The van der Waals surface area contributed by atoms with Crippen molar-refractivity contribution < 1.29 is 32.6 Å². The number of alkyl halides is 2. The molecular formula is C15H19F2NO5. The van der Waals surface area contributed by atoms with Crippen LogP contribution in [0.5, 0.6) is 11.5 Å². The fraction of sp³-hybridized carbons (Fsp3) is 0.467. The van der Waals surface area contributed by atoms with Crippen molar-refractivity contribution >= 4 is 11.9 Å². The van der Waals surface area contributed by atoms with Crippen molar-refractivity contribution in [3.63, 3.8) is 0 Å². The Morgan fingerprint density at radius 2 is 1.91 bits per heavy atom. The second-order valence-electron chi connectivity index (χ2n) is 4.85. The van der Waals surface area contributed by atoms with Crippen molar-refractivity contribution in [2.75, 3.05) is 13.7 Å². The van der Waals surface area contributed by atoms with Gasteiger partial charge in [0.25, 0.3) is 0 Å². The van der Waals surface area contributed by atoms with Gasteiger partial charge in [0.05, 0.1) is 13.7 Å². The summed E-state index contributed by atoms with van der Waals surface area (Å²) in [6.07, 6.45) is 2.14.